The molecular weight excluding hydrogens is 266 g/mol. The van der Waals surface area contributed by atoms with Crippen molar-refractivity contribution in [3.8, 4) is 5.75 Å². The third-order valence-electron chi connectivity index (χ3n) is 3.86. The van der Waals surface area contributed by atoms with Crippen LogP contribution in [0.15, 0.2) is 24.3 Å². The van der Waals surface area contributed by atoms with E-state index >= 15 is 0 Å². The Morgan fingerprint density at radius 3 is 2.90 bits per heavy atom. The minimum Gasteiger partial charge on any atom is -0.491 e. The molecule has 2 unspecified atom stereocenters. The Kier molecular flexibility index (Phi) is 5.62. The van der Waals surface area contributed by atoms with Gasteiger partial charge in [-0.05, 0) is 45.2 Å². The lowest BCUT2D eigenvalue weighted by Gasteiger charge is -2.36. The van der Waals surface area contributed by atoms with Crippen molar-refractivity contribution in [3.05, 3.63) is 29.8 Å². The fourth-order valence-electron chi connectivity index (χ4n) is 2.67. The predicted molar refractivity (Wildman–Crippen MR) is 83.7 cm³/mol. The van der Waals surface area contributed by atoms with Gasteiger partial charge in [-0.3, -0.25) is 0 Å². The van der Waals surface area contributed by atoms with Gasteiger partial charge in [0.1, 0.15) is 18.5 Å². The molecule has 0 aromatic heterocycles. The molecule has 1 aliphatic heterocycles. The van der Waals surface area contributed by atoms with Crippen molar-refractivity contribution in [1.82, 2.24) is 5.32 Å². The lowest BCUT2D eigenvalue weighted by Crippen LogP contribution is -2.46. The van der Waals surface area contributed by atoms with Gasteiger partial charge in [-0.1, -0.05) is 18.2 Å². The summed E-state index contributed by atoms with van der Waals surface area (Å²) in [5.74, 6) is 0.837. The first-order valence-corrected chi connectivity index (χ1v) is 7.70. The molecule has 118 valence electrons. The first kappa shape index (κ1) is 16.3. The van der Waals surface area contributed by atoms with Crippen LogP contribution in [0.5, 0.6) is 5.75 Å². The third kappa shape index (κ3) is 5.30. The molecule has 1 saturated heterocycles. The van der Waals surface area contributed by atoms with Crippen molar-refractivity contribution in [2.75, 3.05) is 19.8 Å². The van der Waals surface area contributed by atoms with Crippen LogP contribution in [-0.2, 0) is 4.74 Å². The van der Waals surface area contributed by atoms with Crippen LogP contribution in [0.1, 0.15) is 32.3 Å². The summed E-state index contributed by atoms with van der Waals surface area (Å²) in [4.78, 5) is 0. The van der Waals surface area contributed by atoms with E-state index in [4.69, 9.17) is 9.47 Å². The van der Waals surface area contributed by atoms with Crippen LogP contribution < -0.4 is 10.1 Å². The smallest absolute Gasteiger partial charge is 0.122 e. The third-order valence-corrected chi connectivity index (χ3v) is 3.86. The van der Waals surface area contributed by atoms with Gasteiger partial charge in [-0.25, -0.2) is 0 Å². The summed E-state index contributed by atoms with van der Waals surface area (Å²) >= 11 is 0. The lowest BCUT2D eigenvalue weighted by molar-refractivity contribution is -0.0641. The standard InChI is InChI=1S/C17H27NO3/c1-13-6-4-5-7-16(13)20-12-15(19)11-18-14-8-9-21-17(2,3)10-14/h4-7,14-15,18-19H,8-12H2,1-3H3. The topological polar surface area (TPSA) is 50.7 Å². The van der Waals surface area contributed by atoms with Crippen LogP contribution >= 0.6 is 0 Å². The van der Waals surface area contributed by atoms with Gasteiger partial charge in [0.05, 0.1) is 5.60 Å². The predicted octanol–water partition coefficient (Wildman–Crippen LogP) is 2.28. The summed E-state index contributed by atoms with van der Waals surface area (Å²) in [7, 11) is 0. The number of rotatable bonds is 6. The minimum absolute atomic E-state index is 0.0709. The molecule has 4 nitrogen and oxygen atoms in total. The normalized spacial score (nSPS) is 22.8. The molecule has 1 aromatic carbocycles. The molecule has 1 heterocycles. The maximum Gasteiger partial charge on any atom is 0.122 e. The van der Waals surface area contributed by atoms with Gasteiger partial charge in [0.15, 0.2) is 0 Å². The first-order chi connectivity index (χ1) is 9.96. The highest BCUT2D eigenvalue weighted by Crippen LogP contribution is 2.23. The highest BCUT2D eigenvalue weighted by molar-refractivity contribution is 5.31. The van der Waals surface area contributed by atoms with E-state index in [0.717, 1.165) is 30.8 Å². The average molecular weight is 293 g/mol. The number of ether oxygens (including phenoxy) is 2. The van der Waals surface area contributed by atoms with Gasteiger partial charge in [-0.2, -0.15) is 0 Å². The van der Waals surface area contributed by atoms with Crippen molar-refractivity contribution in [1.29, 1.82) is 0 Å². The lowest BCUT2D eigenvalue weighted by atomic mass is 9.94. The molecule has 0 radical (unpaired) electrons. The first-order valence-electron chi connectivity index (χ1n) is 7.70. The quantitative estimate of drug-likeness (QED) is 0.845. The van der Waals surface area contributed by atoms with Crippen molar-refractivity contribution in [2.24, 2.45) is 0 Å². The highest BCUT2D eigenvalue weighted by Gasteiger charge is 2.28. The summed E-state index contributed by atoms with van der Waals surface area (Å²) in [6.45, 7) is 7.86. The van der Waals surface area contributed by atoms with E-state index in [9.17, 15) is 5.11 Å². The largest absolute Gasteiger partial charge is 0.491 e. The molecule has 0 amide bonds. The molecule has 1 fully saturated rings. The maximum atomic E-state index is 10.0. The number of hydrogen-bond donors (Lipinski definition) is 2. The highest BCUT2D eigenvalue weighted by atomic mass is 16.5. The maximum absolute atomic E-state index is 10.0. The SMILES string of the molecule is Cc1ccccc1OCC(O)CNC1CCOC(C)(C)C1. The van der Waals surface area contributed by atoms with Gasteiger partial charge in [0, 0.05) is 19.2 Å². The van der Waals surface area contributed by atoms with E-state index in [0.29, 0.717) is 19.2 Å². The molecule has 1 aromatic rings. The monoisotopic (exact) mass is 293 g/mol. The number of para-hydroxylation sites is 1. The van der Waals surface area contributed by atoms with E-state index in [1.165, 1.54) is 0 Å². The zero-order chi connectivity index (χ0) is 15.3. The molecule has 2 N–H and O–H groups in total. The Labute approximate surface area is 127 Å². The molecular formula is C17H27NO3. The van der Waals surface area contributed by atoms with Crippen LogP contribution in [-0.4, -0.2) is 42.6 Å². The number of aliphatic hydroxyl groups is 1. The minimum atomic E-state index is -0.504. The summed E-state index contributed by atoms with van der Waals surface area (Å²) in [5, 5.41) is 13.5. The molecule has 0 aliphatic carbocycles. The Morgan fingerprint density at radius 1 is 1.43 bits per heavy atom. The Morgan fingerprint density at radius 2 is 2.19 bits per heavy atom. The van der Waals surface area contributed by atoms with E-state index in [1.807, 2.05) is 31.2 Å². The van der Waals surface area contributed by atoms with E-state index < -0.39 is 6.10 Å². The van der Waals surface area contributed by atoms with Crippen LogP contribution in [0, 0.1) is 6.92 Å². The van der Waals surface area contributed by atoms with Crippen LogP contribution in [0.3, 0.4) is 0 Å². The summed E-state index contributed by atoms with van der Waals surface area (Å²) in [5.41, 5.74) is 1.02. The fourth-order valence-corrected chi connectivity index (χ4v) is 2.67. The zero-order valence-corrected chi connectivity index (χ0v) is 13.3. The Bertz CT molecular complexity index is 447. The number of aliphatic hydroxyl groups excluding tert-OH is 1. The molecule has 2 atom stereocenters. The van der Waals surface area contributed by atoms with Crippen molar-refractivity contribution in [2.45, 2.75) is 51.4 Å². The number of nitrogens with one attached hydrogen (secondary N) is 1. The Hall–Kier alpha value is -1.10. The molecule has 2 rings (SSSR count). The summed E-state index contributed by atoms with van der Waals surface area (Å²) < 4.78 is 11.4. The van der Waals surface area contributed by atoms with Crippen LogP contribution in [0.2, 0.25) is 0 Å². The van der Waals surface area contributed by atoms with E-state index in [1.54, 1.807) is 0 Å². The second-order valence-electron chi connectivity index (χ2n) is 6.44. The summed E-state index contributed by atoms with van der Waals surface area (Å²) in [6.07, 6.45) is 1.46. The van der Waals surface area contributed by atoms with Crippen LogP contribution in [0.4, 0.5) is 0 Å². The second-order valence-corrected chi connectivity index (χ2v) is 6.44. The van der Waals surface area contributed by atoms with Gasteiger partial charge in [0.2, 0.25) is 0 Å². The van der Waals surface area contributed by atoms with Crippen molar-refractivity contribution >= 4 is 0 Å². The molecule has 21 heavy (non-hydrogen) atoms. The number of hydrogen-bond acceptors (Lipinski definition) is 4. The molecule has 0 spiro atoms. The van der Waals surface area contributed by atoms with Gasteiger partial charge < -0.3 is 19.9 Å². The molecule has 1 aliphatic rings. The summed E-state index contributed by atoms with van der Waals surface area (Å²) in [6, 6.07) is 8.26. The Balaban J connectivity index is 1.70. The zero-order valence-electron chi connectivity index (χ0n) is 13.3. The molecule has 0 saturated carbocycles. The van der Waals surface area contributed by atoms with Crippen LogP contribution in [0.25, 0.3) is 0 Å². The van der Waals surface area contributed by atoms with E-state index in [2.05, 4.69) is 19.2 Å². The fraction of sp³-hybridized carbons (Fsp3) is 0.647. The van der Waals surface area contributed by atoms with E-state index in [-0.39, 0.29) is 5.60 Å². The molecule has 4 heteroatoms. The number of benzene rings is 1. The van der Waals surface area contributed by atoms with Gasteiger partial charge in [0.25, 0.3) is 0 Å². The molecule has 0 bridgehead atoms. The van der Waals surface area contributed by atoms with Crippen molar-refractivity contribution < 1.29 is 14.6 Å². The van der Waals surface area contributed by atoms with Crippen molar-refractivity contribution in [3.63, 3.8) is 0 Å². The van der Waals surface area contributed by atoms with Gasteiger partial charge in [-0.15, -0.1) is 0 Å². The number of aryl methyl sites for hydroxylation is 1. The second kappa shape index (κ2) is 7.25. The van der Waals surface area contributed by atoms with Gasteiger partial charge >= 0.3 is 0 Å². The average Bonchev–Trinajstić information content (AvgIpc) is 2.43.